The number of unbranched alkanes of at least 4 members (excludes halogenated alkanes) is 1. The maximum absolute atomic E-state index is 6.33. The minimum absolute atomic E-state index is 0.126. The van der Waals surface area contributed by atoms with Gasteiger partial charge < -0.3 is 4.74 Å². The molecule has 1 aromatic carbocycles. The molecule has 0 N–H and O–H groups in total. The molecule has 2 aromatic rings. The average molecular weight is 359 g/mol. The first kappa shape index (κ1) is 17.6. The maximum atomic E-state index is 6.33. The van der Waals surface area contributed by atoms with E-state index in [9.17, 15) is 0 Å². The predicted molar refractivity (Wildman–Crippen MR) is 93.0 cm³/mol. The van der Waals surface area contributed by atoms with E-state index in [-0.39, 0.29) is 6.10 Å². The van der Waals surface area contributed by atoms with Crippen molar-refractivity contribution in [3.8, 4) is 0 Å². The summed E-state index contributed by atoms with van der Waals surface area (Å²) in [6.45, 7) is 2.83. The zero-order valence-corrected chi connectivity index (χ0v) is 14.6. The number of pyridine rings is 1. The van der Waals surface area contributed by atoms with E-state index in [0.717, 1.165) is 24.0 Å². The van der Waals surface area contributed by atoms with Crippen LogP contribution in [0.3, 0.4) is 0 Å². The first-order valence-electron chi connectivity index (χ1n) is 7.27. The Bertz CT molecular complexity index is 601. The lowest BCUT2D eigenvalue weighted by Crippen LogP contribution is -2.10. The van der Waals surface area contributed by atoms with E-state index >= 15 is 0 Å². The number of rotatable bonds is 7. The maximum Gasteiger partial charge on any atom is 0.129 e. The number of halogens is 3. The summed E-state index contributed by atoms with van der Waals surface area (Å²) < 4.78 is 6.04. The summed E-state index contributed by atoms with van der Waals surface area (Å²) in [4.78, 5) is 4.11. The number of ether oxygens (including phenoxy) is 1. The van der Waals surface area contributed by atoms with Crippen LogP contribution in [0.15, 0.2) is 36.5 Å². The molecule has 1 atom stereocenters. The molecule has 0 saturated heterocycles. The Hall–Kier alpha value is -0.800. The van der Waals surface area contributed by atoms with Gasteiger partial charge >= 0.3 is 0 Å². The van der Waals surface area contributed by atoms with E-state index in [0.29, 0.717) is 28.2 Å². The van der Waals surface area contributed by atoms with Crippen LogP contribution in [0.25, 0.3) is 0 Å². The topological polar surface area (TPSA) is 22.1 Å². The highest BCUT2D eigenvalue weighted by molar-refractivity contribution is 6.35. The number of benzene rings is 1. The van der Waals surface area contributed by atoms with Crippen molar-refractivity contribution in [1.82, 2.24) is 4.98 Å². The van der Waals surface area contributed by atoms with Gasteiger partial charge in [0.1, 0.15) is 5.15 Å². The van der Waals surface area contributed by atoms with E-state index in [1.54, 1.807) is 18.3 Å². The van der Waals surface area contributed by atoms with Crippen LogP contribution < -0.4 is 0 Å². The zero-order chi connectivity index (χ0) is 15.9. The Balaban J connectivity index is 2.19. The lowest BCUT2D eigenvalue weighted by Gasteiger charge is -2.20. The Morgan fingerprint density at radius 1 is 1.14 bits per heavy atom. The van der Waals surface area contributed by atoms with Gasteiger partial charge in [-0.25, -0.2) is 4.98 Å². The van der Waals surface area contributed by atoms with Crippen LogP contribution in [0, 0.1) is 0 Å². The minimum Gasteiger partial charge on any atom is -0.373 e. The Labute approximate surface area is 146 Å². The van der Waals surface area contributed by atoms with E-state index < -0.39 is 0 Å². The zero-order valence-electron chi connectivity index (χ0n) is 12.4. The molecule has 0 aliphatic heterocycles. The standard InChI is InChI=1S/C17H18Cl3NO/c1-2-3-8-22-16(9-12-4-7-17(20)21-11-12)14-6-5-13(18)10-15(14)19/h4-7,10-11,16H,2-3,8-9H2,1H3. The second-order valence-corrected chi connectivity index (χ2v) is 6.30. The molecule has 2 nitrogen and oxygen atoms in total. The van der Waals surface area contributed by atoms with Gasteiger partial charge in [0, 0.05) is 29.3 Å². The van der Waals surface area contributed by atoms with Crippen molar-refractivity contribution in [2.45, 2.75) is 32.3 Å². The lowest BCUT2D eigenvalue weighted by atomic mass is 10.0. The summed E-state index contributed by atoms with van der Waals surface area (Å²) >= 11 is 18.1. The first-order chi connectivity index (χ1) is 10.6. The first-order valence-corrected chi connectivity index (χ1v) is 8.40. The smallest absolute Gasteiger partial charge is 0.129 e. The second kappa shape index (κ2) is 8.73. The van der Waals surface area contributed by atoms with Gasteiger partial charge in [-0.15, -0.1) is 0 Å². The monoisotopic (exact) mass is 357 g/mol. The van der Waals surface area contributed by atoms with E-state index in [2.05, 4.69) is 11.9 Å². The highest BCUT2D eigenvalue weighted by Crippen LogP contribution is 2.31. The van der Waals surface area contributed by atoms with Crippen molar-refractivity contribution >= 4 is 34.8 Å². The molecule has 0 aliphatic rings. The third kappa shape index (κ3) is 5.13. The molecule has 1 aromatic heterocycles. The van der Waals surface area contributed by atoms with Crippen molar-refractivity contribution < 1.29 is 4.74 Å². The summed E-state index contributed by atoms with van der Waals surface area (Å²) in [7, 11) is 0. The van der Waals surface area contributed by atoms with Gasteiger partial charge in [-0.2, -0.15) is 0 Å². The molecule has 1 heterocycles. The number of nitrogens with zero attached hydrogens (tertiary/aromatic N) is 1. The van der Waals surface area contributed by atoms with E-state index in [1.807, 2.05) is 18.2 Å². The molecule has 118 valence electrons. The van der Waals surface area contributed by atoms with E-state index in [4.69, 9.17) is 39.5 Å². The van der Waals surface area contributed by atoms with Gasteiger partial charge in [0.2, 0.25) is 0 Å². The molecule has 0 amide bonds. The van der Waals surface area contributed by atoms with Crippen LogP contribution in [0.1, 0.15) is 37.0 Å². The van der Waals surface area contributed by atoms with Crippen molar-refractivity contribution in [2.24, 2.45) is 0 Å². The summed E-state index contributed by atoms with van der Waals surface area (Å²) in [5.74, 6) is 0. The summed E-state index contributed by atoms with van der Waals surface area (Å²) in [6.07, 6.45) is 4.43. The normalized spacial score (nSPS) is 12.4. The van der Waals surface area contributed by atoms with Crippen LogP contribution in [0.4, 0.5) is 0 Å². The van der Waals surface area contributed by atoms with Crippen molar-refractivity contribution in [3.05, 3.63) is 62.9 Å². The molecule has 2 rings (SSSR count). The van der Waals surface area contributed by atoms with Crippen molar-refractivity contribution in [1.29, 1.82) is 0 Å². The third-order valence-electron chi connectivity index (χ3n) is 3.34. The van der Waals surface area contributed by atoms with Crippen molar-refractivity contribution in [3.63, 3.8) is 0 Å². The van der Waals surface area contributed by atoms with Gasteiger partial charge in [0.15, 0.2) is 0 Å². The fourth-order valence-corrected chi connectivity index (χ4v) is 2.77. The quantitative estimate of drug-likeness (QED) is 0.438. The van der Waals surface area contributed by atoms with Crippen molar-refractivity contribution in [2.75, 3.05) is 6.61 Å². The highest BCUT2D eigenvalue weighted by atomic mass is 35.5. The van der Waals surface area contributed by atoms with Crippen LogP contribution in [0.2, 0.25) is 15.2 Å². The van der Waals surface area contributed by atoms with E-state index in [1.165, 1.54) is 0 Å². The van der Waals surface area contributed by atoms with Crippen LogP contribution in [-0.4, -0.2) is 11.6 Å². The summed E-state index contributed by atoms with van der Waals surface area (Å²) in [5.41, 5.74) is 1.99. The van der Waals surface area contributed by atoms with Crippen LogP contribution in [-0.2, 0) is 11.2 Å². The average Bonchev–Trinajstić information content (AvgIpc) is 2.49. The number of hydrogen-bond donors (Lipinski definition) is 0. The molecular weight excluding hydrogens is 341 g/mol. The molecule has 0 bridgehead atoms. The predicted octanol–water partition coefficient (Wildman–Crippen LogP) is 6.14. The highest BCUT2D eigenvalue weighted by Gasteiger charge is 2.17. The number of aromatic nitrogens is 1. The molecule has 0 aliphatic carbocycles. The number of hydrogen-bond acceptors (Lipinski definition) is 2. The fourth-order valence-electron chi connectivity index (χ4n) is 2.13. The molecule has 0 radical (unpaired) electrons. The van der Waals surface area contributed by atoms with Crippen LogP contribution >= 0.6 is 34.8 Å². The lowest BCUT2D eigenvalue weighted by molar-refractivity contribution is 0.0509. The Morgan fingerprint density at radius 3 is 2.59 bits per heavy atom. The van der Waals surface area contributed by atoms with Gasteiger partial charge in [0.25, 0.3) is 0 Å². The van der Waals surface area contributed by atoms with Crippen LogP contribution in [0.5, 0.6) is 0 Å². The van der Waals surface area contributed by atoms with Gasteiger partial charge in [0.05, 0.1) is 6.10 Å². The second-order valence-electron chi connectivity index (χ2n) is 5.07. The van der Waals surface area contributed by atoms with Gasteiger partial charge in [-0.1, -0.05) is 60.3 Å². The van der Waals surface area contributed by atoms with Gasteiger partial charge in [-0.05, 0) is 35.7 Å². The third-order valence-corrected chi connectivity index (χ3v) is 4.12. The molecule has 0 spiro atoms. The Kier molecular flexibility index (Phi) is 6.97. The van der Waals surface area contributed by atoms with Gasteiger partial charge in [-0.3, -0.25) is 0 Å². The molecular formula is C17H18Cl3NO. The molecule has 1 unspecified atom stereocenters. The fraction of sp³-hybridized carbons (Fsp3) is 0.353. The molecule has 5 heteroatoms. The molecule has 0 saturated carbocycles. The molecule has 0 fully saturated rings. The summed E-state index contributed by atoms with van der Waals surface area (Å²) in [6, 6.07) is 9.23. The Morgan fingerprint density at radius 2 is 1.95 bits per heavy atom. The SMILES string of the molecule is CCCCOC(Cc1ccc(Cl)nc1)c1ccc(Cl)cc1Cl. The largest absolute Gasteiger partial charge is 0.373 e. The summed E-state index contributed by atoms with van der Waals surface area (Å²) in [5, 5.41) is 1.72. The minimum atomic E-state index is -0.126. The molecule has 22 heavy (non-hydrogen) atoms.